The summed E-state index contributed by atoms with van der Waals surface area (Å²) in [5.74, 6) is 0.0768. The number of hydrogen-bond acceptors (Lipinski definition) is 5. The van der Waals surface area contributed by atoms with Gasteiger partial charge < -0.3 is 0 Å². The molecule has 1 saturated heterocycles. The van der Waals surface area contributed by atoms with E-state index >= 15 is 0 Å². The highest BCUT2D eigenvalue weighted by Crippen LogP contribution is 2.45. The van der Waals surface area contributed by atoms with Crippen LogP contribution in [0.2, 0.25) is 0 Å². The number of carbonyl (C=O) groups is 1. The molecule has 0 aromatic carbocycles. The van der Waals surface area contributed by atoms with Crippen molar-refractivity contribution in [2.24, 2.45) is 0 Å². The van der Waals surface area contributed by atoms with E-state index in [1.807, 2.05) is 0 Å². The van der Waals surface area contributed by atoms with Crippen LogP contribution in [0.15, 0.2) is 0 Å². The maximum absolute atomic E-state index is 11.8. The Morgan fingerprint density at radius 3 is 1.78 bits per heavy atom. The third-order valence-corrected chi connectivity index (χ3v) is 3.83. The standard InChI is InChI=1S/C11H22NO5S/c1-10(2)7-9(13)8-11(3,4)12(10,16-5)17-18(6,14)15/h7-8H2,1-6H3/q+1. The highest BCUT2D eigenvalue weighted by molar-refractivity contribution is 7.85. The molecule has 0 bridgehead atoms. The van der Waals surface area contributed by atoms with Gasteiger partial charge in [-0.25, -0.2) is 0 Å². The second-order valence-electron chi connectivity index (χ2n) is 6.03. The predicted molar refractivity (Wildman–Crippen MR) is 65.6 cm³/mol. The fourth-order valence-electron chi connectivity index (χ4n) is 2.97. The van der Waals surface area contributed by atoms with Gasteiger partial charge in [0.25, 0.3) is 0 Å². The molecule has 0 unspecified atom stereocenters. The van der Waals surface area contributed by atoms with Crippen LogP contribution in [-0.2, 0) is 24.0 Å². The number of carbonyl (C=O) groups excluding carboxylic acids is 1. The molecule has 106 valence electrons. The molecule has 6 nitrogen and oxygen atoms in total. The summed E-state index contributed by atoms with van der Waals surface area (Å²) < 4.78 is 28.3. The molecule has 1 heterocycles. The zero-order valence-corrected chi connectivity index (χ0v) is 12.6. The molecule has 0 atom stereocenters. The zero-order chi connectivity index (χ0) is 14.4. The Hall–Kier alpha value is -0.500. The van der Waals surface area contributed by atoms with Crippen LogP contribution in [-0.4, -0.2) is 43.5 Å². The molecular weight excluding hydrogens is 258 g/mol. The smallest absolute Gasteiger partial charge is 0.299 e. The molecule has 1 rings (SSSR count). The van der Waals surface area contributed by atoms with Gasteiger partial charge in [0, 0.05) is 0 Å². The van der Waals surface area contributed by atoms with E-state index in [0.717, 1.165) is 6.26 Å². The number of Topliss-reactive ketones (excluding diaryl/α,β-unsaturated/α-hetero) is 1. The summed E-state index contributed by atoms with van der Waals surface area (Å²) in [6.07, 6.45) is 1.40. The van der Waals surface area contributed by atoms with Crippen LogP contribution in [0.4, 0.5) is 0 Å². The fraction of sp³-hybridized carbons (Fsp3) is 0.909. The molecule has 7 heteroatoms. The van der Waals surface area contributed by atoms with E-state index in [4.69, 9.17) is 9.12 Å². The minimum absolute atomic E-state index is 0.0768. The van der Waals surface area contributed by atoms with Gasteiger partial charge in [-0.15, -0.1) is 0 Å². The SMILES string of the molecule is CO[N+]1(OS(C)(=O)=O)C(C)(C)CC(=O)CC1(C)C. The summed E-state index contributed by atoms with van der Waals surface area (Å²) >= 11 is 0. The van der Waals surface area contributed by atoms with Crippen molar-refractivity contribution in [1.29, 1.82) is 0 Å². The maximum Gasteiger partial charge on any atom is 0.315 e. The summed E-state index contributed by atoms with van der Waals surface area (Å²) in [5, 5.41) is 0. The normalized spacial score (nSPS) is 26.0. The molecular formula is C11H22NO5S+. The number of ketones is 1. The summed E-state index contributed by atoms with van der Waals surface area (Å²) in [7, 11) is -2.32. The van der Waals surface area contributed by atoms with Crippen molar-refractivity contribution in [2.75, 3.05) is 13.4 Å². The van der Waals surface area contributed by atoms with E-state index in [2.05, 4.69) is 0 Å². The maximum atomic E-state index is 11.8. The minimum atomic E-state index is -3.72. The van der Waals surface area contributed by atoms with Gasteiger partial charge in [0.2, 0.25) is 0 Å². The molecule has 1 aliphatic heterocycles. The van der Waals surface area contributed by atoms with E-state index in [1.165, 1.54) is 7.11 Å². The first-order valence-electron chi connectivity index (χ1n) is 5.75. The molecule has 18 heavy (non-hydrogen) atoms. The number of rotatable bonds is 3. The van der Waals surface area contributed by atoms with E-state index in [1.54, 1.807) is 27.7 Å². The molecule has 0 N–H and O–H groups in total. The number of nitrogens with zero attached hydrogens (tertiary/aromatic N) is 1. The van der Waals surface area contributed by atoms with Crippen LogP contribution in [0.25, 0.3) is 0 Å². The number of hydrogen-bond donors (Lipinski definition) is 0. The second-order valence-corrected chi connectivity index (χ2v) is 7.59. The molecule has 1 fully saturated rings. The lowest BCUT2D eigenvalue weighted by atomic mass is 9.80. The molecule has 0 saturated carbocycles. The Morgan fingerprint density at radius 2 is 1.50 bits per heavy atom. The lowest BCUT2D eigenvalue weighted by Gasteiger charge is -2.52. The molecule has 0 aromatic rings. The summed E-state index contributed by atoms with van der Waals surface area (Å²) in [6.45, 7) is 7.06. The summed E-state index contributed by atoms with van der Waals surface area (Å²) in [4.78, 5) is 16.7. The first-order valence-corrected chi connectivity index (χ1v) is 7.56. The lowest BCUT2D eigenvalue weighted by Crippen LogP contribution is -2.74. The second kappa shape index (κ2) is 4.26. The van der Waals surface area contributed by atoms with Crippen LogP contribution in [0, 0.1) is 0 Å². The molecule has 0 spiro atoms. The summed E-state index contributed by atoms with van der Waals surface area (Å²) in [5.41, 5.74) is -1.56. The van der Waals surface area contributed by atoms with Gasteiger partial charge >= 0.3 is 10.1 Å². The molecule has 1 aliphatic rings. The van der Waals surface area contributed by atoms with Crippen LogP contribution < -0.4 is 0 Å². The zero-order valence-electron chi connectivity index (χ0n) is 11.8. The van der Waals surface area contributed by atoms with E-state index < -0.39 is 26.0 Å². The molecule has 0 aromatic heterocycles. The predicted octanol–water partition coefficient (Wildman–Crippen LogP) is 1.18. The molecule has 0 aliphatic carbocycles. The first kappa shape index (κ1) is 15.6. The van der Waals surface area contributed by atoms with Crippen LogP contribution >= 0.6 is 0 Å². The third-order valence-electron chi connectivity index (χ3n) is 3.35. The van der Waals surface area contributed by atoms with Gasteiger partial charge in [0.1, 0.15) is 5.78 Å². The highest BCUT2D eigenvalue weighted by Gasteiger charge is 2.65. The van der Waals surface area contributed by atoms with Crippen LogP contribution in [0.3, 0.4) is 0 Å². The largest absolute Gasteiger partial charge is 0.315 e. The van der Waals surface area contributed by atoms with Crippen molar-refractivity contribution < 1.29 is 27.1 Å². The number of hydroxylamine groups is 4. The van der Waals surface area contributed by atoms with E-state index in [9.17, 15) is 13.2 Å². The van der Waals surface area contributed by atoms with Crippen LogP contribution in [0.1, 0.15) is 40.5 Å². The van der Waals surface area contributed by atoms with E-state index in [-0.39, 0.29) is 18.6 Å². The average molecular weight is 280 g/mol. The quantitative estimate of drug-likeness (QED) is 0.726. The van der Waals surface area contributed by atoms with Crippen molar-refractivity contribution in [1.82, 2.24) is 0 Å². The monoisotopic (exact) mass is 280 g/mol. The molecule has 0 radical (unpaired) electrons. The van der Waals surface area contributed by atoms with Crippen molar-refractivity contribution in [3.63, 3.8) is 0 Å². The minimum Gasteiger partial charge on any atom is -0.299 e. The van der Waals surface area contributed by atoms with Crippen LogP contribution in [0.5, 0.6) is 0 Å². The van der Waals surface area contributed by atoms with Gasteiger partial charge in [-0.2, -0.15) is 13.3 Å². The van der Waals surface area contributed by atoms with Crippen molar-refractivity contribution in [3.8, 4) is 0 Å². The van der Waals surface area contributed by atoms with Gasteiger partial charge in [-0.05, 0) is 36.8 Å². The highest BCUT2D eigenvalue weighted by atomic mass is 32.2. The Bertz CT molecular complexity index is 432. The molecule has 0 amide bonds. The van der Waals surface area contributed by atoms with Crippen molar-refractivity contribution >= 4 is 15.9 Å². The Balaban J connectivity index is 3.39. The Morgan fingerprint density at radius 1 is 1.11 bits per heavy atom. The number of piperidine rings is 1. The number of quaternary nitrogens is 1. The summed E-state index contributed by atoms with van der Waals surface area (Å²) in [6, 6.07) is 0. The Kier molecular flexibility index (Phi) is 3.68. The van der Waals surface area contributed by atoms with Gasteiger partial charge in [0.05, 0.1) is 26.2 Å². The topological polar surface area (TPSA) is 69.7 Å². The van der Waals surface area contributed by atoms with Crippen molar-refractivity contribution in [2.45, 2.75) is 51.6 Å². The average Bonchev–Trinajstić information content (AvgIpc) is 2.07. The lowest BCUT2D eigenvalue weighted by molar-refractivity contribution is -1.28. The first-order chi connectivity index (χ1) is 7.87. The Labute approximate surface area is 108 Å². The third kappa shape index (κ3) is 2.45. The van der Waals surface area contributed by atoms with Crippen molar-refractivity contribution in [3.05, 3.63) is 0 Å². The van der Waals surface area contributed by atoms with Gasteiger partial charge in [-0.3, -0.25) is 4.79 Å². The van der Waals surface area contributed by atoms with Gasteiger partial charge in [-0.1, -0.05) is 0 Å². The van der Waals surface area contributed by atoms with E-state index in [0.29, 0.717) is 0 Å². The fourth-order valence-corrected chi connectivity index (χ4v) is 3.82. The van der Waals surface area contributed by atoms with Gasteiger partial charge in [0.15, 0.2) is 11.1 Å².